The average Bonchev–Trinajstić information content (AvgIpc) is 3.24. The van der Waals surface area contributed by atoms with Crippen molar-refractivity contribution in [1.29, 1.82) is 0 Å². The van der Waals surface area contributed by atoms with Gasteiger partial charge in [-0.1, -0.05) is 30.3 Å². The number of amides is 1. The number of hydrogen-bond acceptors (Lipinski definition) is 2. The molecule has 4 aromatic rings. The second kappa shape index (κ2) is 6.22. The number of nitrogens with zero attached hydrogens (tertiary/aromatic N) is 3. The topological polar surface area (TPSA) is 51.9 Å². The molecule has 0 saturated carbocycles. The maximum absolute atomic E-state index is 13.0. The van der Waals surface area contributed by atoms with Crippen molar-refractivity contribution in [2.45, 2.75) is 0 Å². The first-order chi connectivity index (χ1) is 12.2. The Kier molecular flexibility index (Phi) is 3.89. The number of anilines is 1. The summed E-state index contributed by atoms with van der Waals surface area (Å²) in [6.45, 7) is 0. The lowest BCUT2D eigenvalue weighted by Crippen LogP contribution is -2.17. The van der Waals surface area contributed by atoms with Crippen LogP contribution >= 0.6 is 15.9 Å². The van der Waals surface area contributed by atoms with Gasteiger partial charge in [0.15, 0.2) is 0 Å². The Balaban J connectivity index is 1.75. The van der Waals surface area contributed by atoms with Crippen LogP contribution in [-0.4, -0.2) is 20.3 Å². The second-order valence-corrected chi connectivity index (χ2v) is 6.45. The molecule has 1 amide bonds. The van der Waals surface area contributed by atoms with E-state index in [9.17, 15) is 4.79 Å². The number of hydrogen-bond donors (Lipinski definition) is 1. The minimum atomic E-state index is -0.176. The number of para-hydroxylation sites is 3. The molecule has 0 bridgehead atoms. The monoisotopic (exact) mass is 394 g/mol. The van der Waals surface area contributed by atoms with E-state index in [4.69, 9.17) is 0 Å². The van der Waals surface area contributed by atoms with Crippen molar-refractivity contribution in [3.05, 3.63) is 77.2 Å². The van der Waals surface area contributed by atoms with Crippen molar-refractivity contribution < 1.29 is 4.79 Å². The Labute approximate surface area is 153 Å². The van der Waals surface area contributed by atoms with Gasteiger partial charge in [-0.3, -0.25) is 4.79 Å². The second-order valence-electron chi connectivity index (χ2n) is 5.66. The summed E-state index contributed by atoms with van der Waals surface area (Å²) >= 11 is 3.57. The van der Waals surface area contributed by atoms with Crippen LogP contribution in [0.2, 0.25) is 0 Å². The van der Waals surface area contributed by atoms with E-state index >= 15 is 0 Å². The van der Waals surface area contributed by atoms with E-state index in [1.165, 1.54) is 0 Å². The summed E-state index contributed by atoms with van der Waals surface area (Å²) in [6, 6.07) is 17.3. The number of carbonyl (C=O) groups excluding carboxylic acids is 1. The molecule has 0 aliphatic rings. The summed E-state index contributed by atoms with van der Waals surface area (Å²) in [7, 11) is 1.89. The van der Waals surface area contributed by atoms with Crippen LogP contribution in [0.4, 0.5) is 5.69 Å². The lowest BCUT2D eigenvalue weighted by atomic mass is 10.2. The van der Waals surface area contributed by atoms with Crippen molar-refractivity contribution in [3.8, 4) is 5.69 Å². The molecule has 25 heavy (non-hydrogen) atoms. The molecule has 0 spiro atoms. The highest BCUT2D eigenvalue weighted by Gasteiger charge is 2.20. The number of carbonyl (C=O) groups is 1. The standard InChI is InChI=1S/C19H15BrN4O/c1-23-15-9-4-2-7-13(15)17(20)18(23)19(25)22-14-8-3-5-10-16(14)24-12-6-11-21-24/h2-12H,1H3,(H,22,25). The van der Waals surface area contributed by atoms with E-state index < -0.39 is 0 Å². The molecule has 2 heterocycles. The quantitative estimate of drug-likeness (QED) is 0.560. The Morgan fingerprint density at radius 1 is 1.08 bits per heavy atom. The molecule has 0 atom stereocenters. The maximum atomic E-state index is 13.0. The van der Waals surface area contributed by atoms with Crippen molar-refractivity contribution >= 4 is 38.4 Å². The van der Waals surface area contributed by atoms with E-state index in [1.54, 1.807) is 10.9 Å². The van der Waals surface area contributed by atoms with Crippen molar-refractivity contribution in [1.82, 2.24) is 14.3 Å². The Bertz CT molecular complexity index is 1030. The van der Waals surface area contributed by atoms with E-state index in [1.807, 2.05) is 72.4 Å². The van der Waals surface area contributed by atoms with Gasteiger partial charge in [0, 0.05) is 30.3 Å². The lowest BCUT2D eigenvalue weighted by molar-refractivity contribution is 0.101. The van der Waals surface area contributed by atoms with Gasteiger partial charge in [-0.15, -0.1) is 0 Å². The predicted octanol–water partition coefficient (Wildman–Crippen LogP) is 4.38. The van der Waals surface area contributed by atoms with Gasteiger partial charge in [0.1, 0.15) is 5.69 Å². The first kappa shape index (κ1) is 15.7. The Morgan fingerprint density at radius 2 is 1.84 bits per heavy atom. The van der Waals surface area contributed by atoms with Crippen LogP contribution in [0.25, 0.3) is 16.6 Å². The molecule has 6 heteroatoms. The molecule has 0 unspecified atom stereocenters. The van der Waals surface area contributed by atoms with E-state index in [0.29, 0.717) is 11.4 Å². The van der Waals surface area contributed by atoms with Gasteiger partial charge in [-0.2, -0.15) is 5.10 Å². The summed E-state index contributed by atoms with van der Waals surface area (Å²) < 4.78 is 4.41. The van der Waals surface area contributed by atoms with Gasteiger partial charge in [-0.25, -0.2) is 4.68 Å². The predicted molar refractivity (Wildman–Crippen MR) is 102 cm³/mol. The van der Waals surface area contributed by atoms with Gasteiger partial charge in [0.05, 0.1) is 15.8 Å². The molecule has 124 valence electrons. The highest BCUT2D eigenvalue weighted by Crippen LogP contribution is 2.31. The Hall–Kier alpha value is -2.86. The average molecular weight is 395 g/mol. The molecule has 0 aliphatic carbocycles. The summed E-state index contributed by atoms with van der Waals surface area (Å²) in [6.07, 6.45) is 3.55. The molecule has 2 aromatic heterocycles. The summed E-state index contributed by atoms with van der Waals surface area (Å²) in [5.74, 6) is -0.176. The van der Waals surface area contributed by atoms with Crippen LogP contribution < -0.4 is 5.32 Å². The number of halogens is 1. The minimum Gasteiger partial charge on any atom is -0.339 e. The number of aromatic nitrogens is 3. The lowest BCUT2D eigenvalue weighted by Gasteiger charge is -2.12. The smallest absolute Gasteiger partial charge is 0.273 e. The van der Waals surface area contributed by atoms with Crippen LogP contribution in [0.1, 0.15) is 10.5 Å². The zero-order chi connectivity index (χ0) is 17.4. The summed E-state index contributed by atoms with van der Waals surface area (Å²) in [5, 5.41) is 8.26. The SMILES string of the molecule is Cn1c(C(=O)Nc2ccccc2-n2cccn2)c(Br)c2ccccc21. The third-order valence-electron chi connectivity index (χ3n) is 4.16. The fourth-order valence-corrected chi connectivity index (χ4v) is 3.75. The minimum absolute atomic E-state index is 0.176. The number of rotatable bonds is 3. The molecule has 5 nitrogen and oxygen atoms in total. The zero-order valence-corrected chi connectivity index (χ0v) is 15.1. The highest BCUT2D eigenvalue weighted by molar-refractivity contribution is 9.10. The van der Waals surface area contributed by atoms with Crippen molar-refractivity contribution in [3.63, 3.8) is 0 Å². The number of aryl methyl sites for hydroxylation is 1. The van der Waals surface area contributed by atoms with E-state index in [2.05, 4.69) is 26.3 Å². The maximum Gasteiger partial charge on any atom is 0.273 e. The molecule has 0 saturated heterocycles. The van der Waals surface area contributed by atoms with E-state index in [0.717, 1.165) is 21.1 Å². The van der Waals surface area contributed by atoms with E-state index in [-0.39, 0.29) is 5.91 Å². The molecular weight excluding hydrogens is 380 g/mol. The normalized spacial score (nSPS) is 11.0. The number of benzene rings is 2. The third kappa shape index (κ3) is 2.64. The number of nitrogens with one attached hydrogen (secondary N) is 1. The van der Waals surface area contributed by atoms with Crippen LogP contribution in [-0.2, 0) is 7.05 Å². The van der Waals surface area contributed by atoms with Crippen molar-refractivity contribution in [2.75, 3.05) is 5.32 Å². The van der Waals surface area contributed by atoms with Gasteiger partial charge in [0.2, 0.25) is 0 Å². The molecule has 4 rings (SSSR count). The zero-order valence-electron chi connectivity index (χ0n) is 13.5. The molecule has 1 N–H and O–H groups in total. The highest BCUT2D eigenvalue weighted by atomic mass is 79.9. The van der Waals surface area contributed by atoms with Gasteiger partial charge < -0.3 is 9.88 Å². The third-order valence-corrected chi connectivity index (χ3v) is 4.97. The van der Waals surface area contributed by atoms with Gasteiger partial charge in [-0.05, 0) is 40.2 Å². The Morgan fingerprint density at radius 3 is 2.60 bits per heavy atom. The van der Waals surface area contributed by atoms with Crippen LogP contribution in [0.5, 0.6) is 0 Å². The van der Waals surface area contributed by atoms with Gasteiger partial charge >= 0.3 is 0 Å². The molecule has 0 radical (unpaired) electrons. The van der Waals surface area contributed by atoms with Crippen LogP contribution in [0, 0.1) is 0 Å². The fourth-order valence-electron chi connectivity index (χ4n) is 2.97. The number of fused-ring (bicyclic) bond motifs is 1. The van der Waals surface area contributed by atoms with Crippen LogP contribution in [0.3, 0.4) is 0 Å². The molecule has 0 aliphatic heterocycles. The first-order valence-electron chi connectivity index (χ1n) is 7.80. The molecule has 0 fully saturated rings. The molecule has 2 aromatic carbocycles. The summed E-state index contributed by atoms with van der Waals surface area (Å²) in [4.78, 5) is 13.0. The van der Waals surface area contributed by atoms with Crippen LogP contribution in [0.15, 0.2) is 71.5 Å². The molecular formula is C19H15BrN4O. The fraction of sp³-hybridized carbons (Fsp3) is 0.0526. The largest absolute Gasteiger partial charge is 0.339 e. The van der Waals surface area contributed by atoms with Crippen molar-refractivity contribution in [2.24, 2.45) is 7.05 Å². The summed E-state index contributed by atoms with van der Waals surface area (Å²) in [5.41, 5.74) is 3.10. The first-order valence-corrected chi connectivity index (χ1v) is 8.59. The van der Waals surface area contributed by atoms with Gasteiger partial charge in [0.25, 0.3) is 5.91 Å².